The van der Waals surface area contributed by atoms with Crippen LogP contribution in [0.15, 0.2) is 42.6 Å². The first-order valence-electron chi connectivity index (χ1n) is 7.14. The highest BCUT2D eigenvalue weighted by atomic mass is 16.5. The molecule has 1 aromatic heterocycles. The molecular formula is C18H18N2O3. The first-order chi connectivity index (χ1) is 11.0. The van der Waals surface area contributed by atoms with Gasteiger partial charge in [-0.1, -0.05) is 12.1 Å². The van der Waals surface area contributed by atoms with E-state index in [4.69, 9.17) is 14.7 Å². The van der Waals surface area contributed by atoms with Crippen LogP contribution in [0.25, 0.3) is 11.1 Å². The van der Waals surface area contributed by atoms with E-state index in [1.54, 1.807) is 38.2 Å². The quantitative estimate of drug-likeness (QED) is 0.793. The zero-order valence-electron chi connectivity index (χ0n) is 13.4. The summed E-state index contributed by atoms with van der Waals surface area (Å²) < 4.78 is 10.3. The van der Waals surface area contributed by atoms with Gasteiger partial charge in [0.05, 0.1) is 24.2 Å². The Bertz CT molecular complexity index is 713. The zero-order valence-corrected chi connectivity index (χ0v) is 13.4. The second-order valence-corrected chi connectivity index (χ2v) is 5.74. The molecule has 5 heteroatoms. The monoisotopic (exact) mass is 310 g/mol. The molecule has 1 aromatic carbocycles. The van der Waals surface area contributed by atoms with Crippen molar-refractivity contribution in [3.8, 4) is 23.1 Å². The first-order valence-corrected chi connectivity index (χ1v) is 7.14. The largest absolute Gasteiger partial charge is 0.476 e. The summed E-state index contributed by atoms with van der Waals surface area (Å²) in [5.74, 6) is 0.117. The smallest absolute Gasteiger partial charge is 0.314 e. The van der Waals surface area contributed by atoms with E-state index in [0.29, 0.717) is 11.4 Å². The normalized spacial score (nSPS) is 10.7. The molecule has 2 aromatic rings. The van der Waals surface area contributed by atoms with E-state index in [0.717, 1.165) is 11.1 Å². The Morgan fingerprint density at radius 1 is 1.17 bits per heavy atom. The Hall–Kier alpha value is -2.87. The third kappa shape index (κ3) is 4.07. The molecule has 0 aliphatic rings. The van der Waals surface area contributed by atoms with E-state index >= 15 is 0 Å². The minimum atomic E-state index is -0.734. The van der Waals surface area contributed by atoms with Crippen LogP contribution in [-0.4, -0.2) is 24.7 Å². The molecule has 0 unspecified atom stereocenters. The molecular weight excluding hydrogens is 292 g/mol. The molecule has 0 bridgehead atoms. The summed E-state index contributed by atoms with van der Waals surface area (Å²) in [5, 5.41) is 8.81. The molecule has 1 heterocycles. The second kappa shape index (κ2) is 6.93. The van der Waals surface area contributed by atoms with Crippen LogP contribution in [0.1, 0.15) is 19.4 Å². The van der Waals surface area contributed by atoms with Crippen LogP contribution in [0.5, 0.6) is 5.88 Å². The van der Waals surface area contributed by atoms with Crippen molar-refractivity contribution in [2.75, 3.05) is 13.7 Å². The highest BCUT2D eigenvalue weighted by Gasteiger charge is 2.29. The number of pyridine rings is 1. The van der Waals surface area contributed by atoms with E-state index < -0.39 is 5.41 Å². The predicted molar refractivity (Wildman–Crippen MR) is 85.7 cm³/mol. The van der Waals surface area contributed by atoms with E-state index in [1.165, 1.54) is 7.11 Å². The van der Waals surface area contributed by atoms with Crippen LogP contribution >= 0.6 is 0 Å². The van der Waals surface area contributed by atoms with Crippen LogP contribution in [0.3, 0.4) is 0 Å². The fraction of sp³-hybridized carbons (Fsp3) is 0.278. The van der Waals surface area contributed by atoms with Gasteiger partial charge in [0.2, 0.25) is 5.88 Å². The van der Waals surface area contributed by atoms with Crippen molar-refractivity contribution in [1.82, 2.24) is 4.98 Å². The van der Waals surface area contributed by atoms with Gasteiger partial charge in [0.1, 0.15) is 6.61 Å². The number of aromatic nitrogens is 1. The van der Waals surface area contributed by atoms with Crippen LogP contribution in [0.2, 0.25) is 0 Å². The number of hydrogen-bond donors (Lipinski definition) is 0. The fourth-order valence-electron chi connectivity index (χ4n) is 1.96. The molecule has 0 fully saturated rings. The van der Waals surface area contributed by atoms with Crippen molar-refractivity contribution in [2.24, 2.45) is 5.41 Å². The average molecular weight is 310 g/mol. The molecule has 0 N–H and O–H groups in total. The van der Waals surface area contributed by atoms with Gasteiger partial charge in [0, 0.05) is 17.8 Å². The standard InChI is InChI=1S/C18H18N2O3/c1-18(2,17(21)22-3)12-23-16-9-8-15(11-20-16)14-6-4-13(10-19)5-7-14/h4-9,11H,12H2,1-3H3. The molecule has 5 nitrogen and oxygen atoms in total. The Morgan fingerprint density at radius 3 is 2.35 bits per heavy atom. The van der Waals surface area contributed by atoms with Gasteiger partial charge < -0.3 is 9.47 Å². The number of nitrogens with zero attached hydrogens (tertiary/aromatic N) is 2. The number of ether oxygens (including phenoxy) is 2. The molecule has 0 aliphatic heterocycles. The summed E-state index contributed by atoms with van der Waals surface area (Å²) in [6, 6.07) is 13.0. The highest BCUT2D eigenvalue weighted by Crippen LogP contribution is 2.23. The number of carbonyl (C=O) groups excluding carboxylic acids is 1. The van der Waals surface area contributed by atoms with Crippen LogP contribution in [-0.2, 0) is 9.53 Å². The van der Waals surface area contributed by atoms with Crippen molar-refractivity contribution in [1.29, 1.82) is 5.26 Å². The number of methoxy groups -OCH3 is 1. The maximum absolute atomic E-state index is 11.6. The molecule has 0 spiro atoms. The summed E-state index contributed by atoms with van der Waals surface area (Å²) >= 11 is 0. The van der Waals surface area contributed by atoms with Crippen LogP contribution < -0.4 is 4.74 Å². The molecule has 2 rings (SSSR count). The fourth-order valence-corrected chi connectivity index (χ4v) is 1.96. The lowest BCUT2D eigenvalue weighted by atomic mass is 9.95. The molecule has 0 saturated heterocycles. The van der Waals surface area contributed by atoms with Gasteiger partial charge in [0.15, 0.2) is 0 Å². The summed E-state index contributed by atoms with van der Waals surface area (Å²) in [7, 11) is 1.36. The van der Waals surface area contributed by atoms with Crippen molar-refractivity contribution in [2.45, 2.75) is 13.8 Å². The predicted octanol–water partition coefficient (Wildman–Crippen LogP) is 3.20. The lowest BCUT2D eigenvalue weighted by Crippen LogP contribution is -2.32. The van der Waals surface area contributed by atoms with Gasteiger partial charge in [-0.25, -0.2) is 4.98 Å². The van der Waals surface area contributed by atoms with E-state index in [2.05, 4.69) is 11.1 Å². The number of hydrogen-bond acceptors (Lipinski definition) is 5. The lowest BCUT2D eigenvalue weighted by Gasteiger charge is -2.21. The summed E-state index contributed by atoms with van der Waals surface area (Å²) in [5.41, 5.74) is 1.78. The number of benzene rings is 1. The Balaban J connectivity index is 2.05. The topological polar surface area (TPSA) is 72.2 Å². The second-order valence-electron chi connectivity index (χ2n) is 5.74. The molecule has 0 aliphatic carbocycles. The third-order valence-electron chi connectivity index (χ3n) is 3.40. The van der Waals surface area contributed by atoms with E-state index in [9.17, 15) is 4.79 Å². The van der Waals surface area contributed by atoms with Crippen LogP contribution in [0, 0.1) is 16.7 Å². The molecule has 118 valence electrons. The minimum absolute atomic E-state index is 0.183. The van der Waals surface area contributed by atoms with Gasteiger partial charge in [-0.15, -0.1) is 0 Å². The number of nitriles is 1. The van der Waals surface area contributed by atoms with E-state index in [1.807, 2.05) is 18.2 Å². The Kier molecular flexibility index (Phi) is 4.97. The number of esters is 1. The first kappa shape index (κ1) is 16.5. The lowest BCUT2D eigenvalue weighted by molar-refractivity contribution is -0.152. The van der Waals surface area contributed by atoms with Crippen molar-refractivity contribution < 1.29 is 14.3 Å². The summed E-state index contributed by atoms with van der Waals surface area (Å²) in [6.07, 6.45) is 1.70. The van der Waals surface area contributed by atoms with Gasteiger partial charge in [-0.05, 0) is 37.6 Å². The zero-order chi connectivity index (χ0) is 16.9. The number of carbonyl (C=O) groups is 1. The van der Waals surface area contributed by atoms with E-state index in [-0.39, 0.29) is 12.6 Å². The maximum atomic E-state index is 11.6. The molecule has 0 atom stereocenters. The molecule has 0 saturated carbocycles. The Morgan fingerprint density at radius 2 is 1.83 bits per heavy atom. The van der Waals surface area contributed by atoms with Crippen LogP contribution in [0.4, 0.5) is 0 Å². The molecule has 0 radical (unpaired) electrons. The van der Waals surface area contributed by atoms with Crippen molar-refractivity contribution in [3.63, 3.8) is 0 Å². The number of rotatable bonds is 5. The van der Waals surface area contributed by atoms with Gasteiger partial charge in [-0.3, -0.25) is 4.79 Å². The van der Waals surface area contributed by atoms with Crippen molar-refractivity contribution >= 4 is 5.97 Å². The molecule has 23 heavy (non-hydrogen) atoms. The average Bonchev–Trinajstić information content (AvgIpc) is 2.60. The highest BCUT2D eigenvalue weighted by molar-refractivity contribution is 5.75. The van der Waals surface area contributed by atoms with Gasteiger partial charge in [0.25, 0.3) is 0 Å². The SMILES string of the molecule is COC(=O)C(C)(C)COc1ccc(-c2ccc(C#N)cc2)cn1. The Labute approximate surface area is 135 Å². The third-order valence-corrected chi connectivity index (χ3v) is 3.40. The van der Waals surface area contributed by atoms with Gasteiger partial charge >= 0.3 is 5.97 Å². The summed E-state index contributed by atoms with van der Waals surface area (Å²) in [4.78, 5) is 15.8. The molecule has 0 amide bonds. The minimum Gasteiger partial charge on any atom is -0.476 e. The maximum Gasteiger partial charge on any atom is 0.314 e. The summed E-state index contributed by atoms with van der Waals surface area (Å²) in [6.45, 7) is 3.69. The van der Waals surface area contributed by atoms with Gasteiger partial charge in [-0.2, -0.15) is 5.26 Å². The van der Waals surface area contributed by atoms with Crippen molar-refractivity contribution in [3.05, 3.63) is 48.2 Å².